The number of hydrogen-bond acceptors (Lipinski definition) is 6. The van der Waals surface area contributed by atoms with Gasteiger partial charge in [0.25, 0.3) is 5.91 Å². The highest BCUT2D eigenvalue weighted by Gasteiger charge is 2.36. The molecule has 3 amide bonds. The highest BCUT2D eigenvalue weighted by molar-refractivity contribution is 7.10. The van der Waals surface area contributed by atoms with E-state index in [2.05, 4.69) is 32.9 Å². The third kappa shape index (κ3) is 5.27. The van der Waals surface area contributed by atoms with Crippen molar-refractivity contribution in [1.29, 1.82) is 0 Å². The number of esters is 1. The molecule has 0 spiro atoms. The van der Waals surface area contributed by atoms with Crippen LogP contribution < -0.4 is 11.1 Å². The molecule has 2 heterocycles. The molecule has 0 aliphatic heterocycles. The first kappa shape index (κ1) is 24.6. The lowest BCUT2D eigenvalue weighted by Gasteiger charge is -2.36. The number of pyridine rings is 1. The molecule has 2 aromatic heterocycles. The van der Waals surface area contributed by atoms with Crippen LogP contribution in [0.5, 0.6) is 0 Å². The summed E-state index contributed by atoms with van der Waals surface area (Å²) in [4.78, 5) is 42.9. The molecule has 182 valence electrons. The number of primary amides is 1. The molecule has 4 rings (SSSR count). The van der Waals surface area contributed by atoms with Crippen molar-refractivity contribution < 1.29 is 19.1 Å². The Morgan fingerprint density at radius 2 is 1.91 bits per heavy atom. The summed E-state index contributed by atoms with van der Waals surface area (Å²) in [6.45, 7) is 8.02. The molecule has 0 saturated carbocycles. The molecule has 0 unspecified atom stereocenters. The summed E-state index contributed by atoms with van der Waals surface area (Å²) in [5.74, 6) is -1.13. The topological polar surface area (TPSA) is 111 Å². The average molecular weight is 492 g/mol. The van der Waals surface area contributed by atoms with Gasteiger partial charge in [0.2, 0.25) is 0 Å². The third-order valence-electron chi connectivity index (χ3n) is 6.40. The highest BCUT2D eigenvalue weighted by Crippen LogP contribution is 2.45. The predicted octanol–water partition coefficient (Wildman–Crippen LogP) is 5.19. The van der Waals surface area contributed by atoms with Gasteiger partial charge in [-0.1, -0.05) is 45.0 Å². The van der Waals surface area contributed by atoms with Crippen LogP contribution in [-0.4, -0.2) is 29.0 Å². The monoisotopic (exact) mass is 491 g/mol. The number of carbonyl (C=O) groups excluding carboxylic acids is 3. The number of allylic oxidation sites excluding steroid dienone is 1. The molecule has 2 atom stereocenters. The first-order valence-corrected chi connectivity index (χ1v) is 12.4. The molecule has 1 aromatic carbocycles. The average Bonchev–Trinajstić information content (AvgIpc) is 3.29. The Bertz CT molecular complexity index is 1320. The number of nitrogens with one attached hydrogen (secondary N) is 1. The second-order valence-electron chi connectivity index (χ2n) is 9.89. The van der Waals surface area contributed by atoms with Crippen LogP contribution in [0.25, 0.3) is 22.6 Å². The van der Waals surface area contributed by atoms with Crippen LogP contribution in [0, 0.1) is 11.3 Å². The van der Waals surface area contributed by atoms with Crippen molar-refractivity contribution >= 4 is 51.8 Å². The number of amides is 3. The van der Waals surface area contributed by atoms with Crippen molar-refractivity contribution in [3.8, 4) is 0 Å². The number of thiophene rings is 1. The maximum atomic E-state index is 13.5. The zero-order valence-corrected chi connectivity index (χ0v) is 21.1. The van der Waals surface area contributed by atoms with Gasteiger partial charge in [0.1, 0.15) is 0 Å². The largest absolute Gasteiger partial charge is 0.449 e. The number of ether oxygens (including phenoxy) is 1. The van der Waals surface area contributed by atoms with Gasteiger partial charge in [-0.05, 0) is 65.8 Å². The molecule has 3 N–H and O–H groups in total. The number of imide groups is 1. The van der Waals surface area contributed by atoms with Gasteiger partial charge in [-0.15, -0.1) is 11.3 Å². The molecule has 35 heavy (non-hydrogen) atoms. The molecule has 0 bridgehead atoms. The summed E-state index contributed by atoms with van der Waals surface area (Å²) in [5.41, 5.74) is 8.82. The van der Waals surface area contributed by atoms with Crippen molar-refractivity contribution in [1.82, 2.24) is 10.3 Å². The standard InChI is InChI=1S/C27H29N3O4S/c1-15(24(31)30-26(28)33)34-25(32)22-19-9-5-6-10-21(19)29-23-16(13-18-8-7-11-35-18)12-17(14-20(22)23)27(2,3)4/h5-11,13,15,17H,12,14H2,1-4H3,(H3,28,30,31,33)/b16-13-/t15-,17-/m1/s1. The molecule has 0 saturated heterocycles. The number of nitrogens with two attached hydrogens (primary N) is 1. The minimum Gasteiger partial charge on any atom is -0.449 e. The summed E-state index contributed by atoms with van der Waals surface area (Å²) in [7, 11) is 0. The number of benzene rings is 1. The highest BCUT2D eigenvalue weighted by atomic mass is 32.1. The van der Waals surface area contributed by atoms with E-state index in [1.54, 1.807) is 11.3 Å². The van der Waals surface area contributed by atoms with Crippen LogP contribution in [0.4, 0.5) is 4.79 Å². The molecule has 7 nitrogen and oxygen atoms in total. The Kier molecular flexibility index (Phi) is 6.76. The second kappa shape index (κ2) is 9.62. The Labute approximate surface area is 208 Å². The van der Waals surface area contributed by atoms with E-state index in [1.807, 2.05) is 41.0 Å². The zero-order chi connectivity index (χ0) is 25.3. The van der Waals surface area contributed by atoms with Crippen LogP contribution in [0.1, 0.15) is 60.6 Å². The van der Waals surface area contributed by atoms with Crippen molar-refractivity contribution in [2.75, 3.05) is 0 Å². The molecule has 0 fully saturated rings. The van der Waals surface area contributed by atoms with Crippen molar-refractivity contribution in [2.24, 2.45) is 17.1 Å². The number of rotatable bonds is 4. The molecular weight excluding hydrogens is 462 g/mol. The summed E-state index contributed by atoms with van der Waals surface area (Å²) < 4.78 is 5.53. The van der Waals surface area contributed by atoms with Gasteiger partial charge in [0.05, 0.1) is 16.8 Å². The maximum absolute atomic E-state index is 13.5. The van der Waals surface area contributed by atoms with E-state index in [1.165, 1.54) is 6.92 Å². The molecule has 3 aromatic rings. The third-order valence-corrected chi connectivity index (χ3v) is 7.22. The first-order valence-electron chi connectivity index (χ1n) is 11.5. The van der Waals surface area contributed by atoms with Crippen molar-refractivity contribution in [2.45, 2.75) is 46.6 Å². The Morgan fingerprint density at radius 3 is 2.57 bits per heavy atom. The number of nitrogens with zero attached hydrogens (tertiary/aromatic N) is 1. The molecule has 1 aliphatic rings. The smallest absolute Gasteiger partial charge is 0.339 e. The van der Waals surface area contributed by atoms with Gasteiger partial charge in [-0.3, -0.25) is 10.1 Å². The van der Waals surface area contributed by atoms with Crippen LogP contribution >= 0.6 is 11.3 Å². The molecular formula is C27H29N3O4S. The van der Waals surface area contributed by atoms with Crippen LogP contribution in [0.2, 0.25) is 0 Å². The van der Waals surface area contributed by atoms with E-state index in [-0.39, 0.29) is 11.3 Å². The normalized spacial score (nSPS) is 17.6. The Hall–Kier alpha value is -3.52. The maximum Gasteiger partial charge on any atom is 0.339 e. The molecule has 1 aliphatic carbocycles. The summed E-state index contributed by atoms with van der Waals surface area (Å²) in [6.07, 6.45) is 2.46. The van der Waals surface area contributed by atoms with Crippen molar-refractivity contribution in [3.05, 3.63) is 63.5 Å². The van der Waals surface area contributed by atoms with Gasteiger partial charge < -0.3 is 10.5 Å². The number of para-hydroxylation sites is 1. The van der Waals surface area contributed by atoms with Crippen LogP contribution in [0.15, 0.2) is 41.8 Å². The Balaban J connectivity index is 1.87. The van der Waals surface area contributed by atoms with Gasteiger partial charge in [-0.25, -0.2) is 14.6 Å². The predicted molar refractivity (Wildman–Crippen MR) is 138 cm³/mol. The summed E-state index contributed by atoms with van der Waals surface area (Å²) in [5, 5.41) is 4.66. The Morgan fingerprint density at radius 1 is 1.17 bits per heavy atom. The fourth-order valence-corrected chi connectivity index (χ4v) is 5.09. The minimum absolute atomic E-state index is 0.00624. The molecule has 8 heteroatoms. The van der Waals surface area contributed by atoms with Gasteiger partial charge in [0.15, 0.2) is 6.10 Å². The summed E-state index contributed by atoms with van der Waals surface area (Å²) in [6, 6.07) is 10.5. The first-order chi connectivity index (χ1) is 16.5. The summed E-state index contributed by atoms with van der Waals surface area (Å²) >= 11 is 1.65. The number of carbonyl (C=O) groups is 3. The van der Waals surface area contributed by atoms with E-state index in [0.29, 0.717) is 22.9 Å². The zero-order valence-electron chi connectivity index (χ0n) is 20.3. The van der Waals surface area contributed by atoms with Gasteiger partial charge in [-0.2, -0.15) is 0 Å². The van der Waals surface area contributed by atoms with E-state index in [4.69, 9.17) is 15.5 Å². The van der Waals surface area contributed by atoms with E-state index in [9.17, 15) is 14.4 Å². The number of aromatic nitrogens is 1. The van der Waals surface area contributed by atoms with E-state index in [0.717, 1.165) is 28.1 Å². The van der Waals surface area contributed by atoms with Crippen LogP contribution in [0.3, 0.4) is 0 Å². The number of fused-ring (bicyclic) bond motifs is 2. The van der Waals surface area contributed by atoms with Gasteiger partial charge in [0, 0.05) is 10.3 Å². The quantitative estimate of drug-likeness (QED) is 0.488. The fourth-order valence-electron chi connectivity index (χ4n) is 4.41. The second-order valence-corrected chi connectivity index (χ2v) is 10.9. The SMILES string of the molecule is C[C@@H](OC(=O)c1c2c(nc3ccccc13)/C(=C\c1cccs1)C[C@@H](C(C)(C)C)C2)C(=O)NC(N)=O. The fraction of sp³-hybridized carbons (Fsp3) is 0.333. The lowest BCUT2D eigenvalue weighted by atomic mass is 9.69. The van der Waals surface area contributed by atoms with Crippen LogP contribution in [-0.2, 0) is 16.0 Å². The van der Waals surface area contributed by atoms with Gasteiger partial charge >= 0.3 is 12.0 Å². The van der Waals surface area contributed by atoms with E-state index < -0.39 is 24.0 Å². The minimum atomic E-state index is -1.19. The lowest BCUT2D eigenvalue weighted by Crippen LogP contribution is -2.42. The number of urea groups is 1. The van der Waals surface area contributed by atoms with E-state index >= 15 is 0 Å². The number of hydrogen-bond donors (Lipinski definition) is 2. The molecule has 0 radical (unpaired) electrons. The lowest BCUT2D eigenvalue weighted by molar-refractivity contribution is -0.127. The van der Waals surface area contributed by atoms with Crippen molar-refractivity contribution in [3.63, 3.8) is 0 Å².